The topological polar surface area (TPSA) is 45.0 Å². The average Bonchev–Trinajstić information content (AvgIpc) is 2.37. The van der Waals surface area contributed by atoms with Crippen LogP contribution in [0.25, 0.3) is 0 Å². The molecule has 0 aliphatic carbocycles. The van der Waals surface area contributed by atoms with E-state index in [2.05, 4.69) is 16.1 Å². The van der Waals surface area contributed by atoms with Crippen LogP contribution in [-0.4, -0.2) is 31.7 Å². The summed E-state index contributed by atoms with van der Waals surface area (Å²) in [6, 6.07) is 7.48. The number of benzene rings is 1. The molecule has 0 heterocycles. The highest BCUT2D eigenvalue weighted by atomic mass is 32.2. The van der Waals surface area contributed by atoms with Crippen molar-refractivity contribution in [3.8, 4) is 6.07 Å². The van der Waals surface area contributed by atoms with Crippen molar-refractivity contribution in [2.75, 3.05) is 30.8 Å². The molecule has 1 aromatic carbocycles. The molecule has 0 amide bonds. The number of thioether (sulfide) groups is 1. The predicted octanol–water partition coefficient (Wildman–Crippen LogP) is 3.66. The van der Waals surface area contributed by atoms with Gasteiger partial charge in [-0.05, 0) is 17.9 Å². The van der Waals surface area contributed by atoms with Crippen molar-refractivity contribution >= 4 is 17.4 Å². The Morgan fingerprint density at radius 1 is 1.40 bits per heavy atom. The first-order chi connectivity index (χ1) is 9.48. The van der Waals surface area contributed by atoms with E-state index in [0.717, 1.165) is 10.6 Å². The van der Waals surface area contributed by atoms with Gasteiger partial charge in [-0.25, -0.2) is 0 Å². The lowest BCUT2D eigenvalue weighted by molar-refractivity contribution is -0.172. The molecule has 1 N–H and O–H groups in total. The summed E-state index contributed by atoms with van der Waals surface area (Å²) in [5.41, 5.74) is 1.12. The van der Waals surface area contributed by atoms with Gasteiger partial charge in [0.05, 0.1) is 17.9 Å². The molecule has 0 saturated heterocycles. The number of ether oxygens (including phenoxy) is 1. The Labute approximate surface area is 120 Å². The van der Waals surface area contributed by atoms with Gasteiger partial charge in [0, 0.05) is 11.4 Å². The minimum Gasteiger partial charge on any atom is -0.382 e. The molecular weight excluding hydrogens is 289 g/mol. The molecule has 0 saturated carbocycles. The zero-order chi connectivity index (χ0) is 15.0. The van der Waals surface area contributed by atoms with Gasteiger partial charge in [-0.15, -0.1) is 11.8 Å². The minimum atomic E-state index is -4.31. The van der Waals surface area contributed by atoms with Gasteiger partial charge in [-0.3, -0.25) is 0 Å². The van der Waals surface area contributed by atoms with Crippen LogP contribution in [0.5, 0.6) is 0 Å². The first-order valence-electron chi connectivity index (χ1n) is 6.02. The highest BCUT2D eigenvalue weighted by molar-refractivity contribution is 7.99. The van der Waals surface area contributed by atoms with E-state index in [0.29, 0.717) is 11.3 Å². The molecule has 0 bridgehead atoms. The van der Waals surface area contributed by atoms with Gasteiger partial charge in [0.2, 0.25) is 0 Å². The van der Waals surface area contributed by atoms with Crippen LogP contribution in [0.3, 0.4) is 0 Å². The molecular formula is C13H15F3N2OS. The predicted molar refractivity (Wildman–Crippen MR) is 72.9 cm³/mol. The van der Waals surface area contributed by atoms with Gasteiger partial charge in [-0.2, -0.15) is 18.4 Å². The fraction of sp³-hybridized carbons (Fsp3) is 0.462. The number of halogens is 3. The second-order valence-electron chi connectivity index (χ2n) is 3.82. The summed E-state index contributed by atoms with van der Waals surface area (Å²) >= 11 is 1.55. The molecule has 0 fully saturated rings. The van der Waals surface area contributed by atoms with Crippen molar-refractivity contribution in [2.45, 2.75) is 18.0 Å². The van der Waals surface area contributed by atoms with E-state index < -0.39 is 12.8 Å². The molecule has 0 aliphatic rings. The Balaban J connectivity index is 2.52. The van der Waals surface area contributed by atoms with Crippen LogP contribution in [-0.2, 0) is 4.74 Å². The highest BCUT2D eigenvalue weighted by Gasteiger charge is 2.27. The number of nitrogens with zero attached hydrogens (tertiary/aromatic N) is 1. The van der Waals surface area contributed by atoms with E-state index in [9.17, 15) is 13.2 Å². The van der Waals surface area contributed by atoms with Gasteiger partial charge in [-0.1, -0.05) is 13.0 Å². The van der Waals surface area contributed by atoms with Crippen molar-refractivity contribution in [1.29, 1.82) is 5.26 Å². The Hall–Kier alpha value is -1.39. The van der Waals surface area contributed by atoms with E-state index >= 15 is 0 Å². The van der Waals surface area contributed by atoms with Crippen LogP contribution in [0.2, 0.25) is 0 Å². The summed E-state index contributed by atoms with van der Waals surface area (Å²) < 4.78 is 40.1. The minimum absolute atomic E-state index is 0.0739. The number of nitrogens with one attached hydrogen (secondary N) is 1. The summed E-state index contributed by atoms with van der Waals surface area (Å²) in [5.74, 6) is 0.840. The molecule has 1 rings (SSSR count). The van der Waals surface area contributed by atoms with E-state index in [-0.39, 0.29) is 13.2 Å². The first-order valence-corrected chi connectivity index (χ1v) is 7.00. The second kappa shape index (κ2) is 8.02. The molecule has 0 spiro atoms. The normalized spacial score (nSPS) is 11.2. The van der Waals surface area contributed by atoms with Crippen molar-refractivity contribution in [1.82, 2.24) is 0 Å². The molecule has 7 heteroatoms. The van der Waals surface area contributed by atoms with Gasteiger partial charge < -0.3 is 10.1 Å². The molecule has 1 aromatic rings. The van der Waals surface area contributed by atoms with Crippen LogP contribution in [0.4, 0.5) is 18.9 Å². The number of alkyl halides is 3. The maximum absolute atomic E-state index is 11.9. The van der Waals surface area contributed by atoms with Crippen LogP contribution < -0.4 is 5.32 Å². The van der Waals surface area contributed by atoms with Crippen molar-refractivity contribution in [2.24, 2.45) is 0 Å². The summed E-state index contributed by atoms with van der Waals surface area (Å²) in [5, 5.41) is 12.1. The number of hydrogen-bond acceptors (Lipinski definition) is 4. The third kappa shape index (κ3) is 5.72. The molecule has 3 nitrogen and oxygen atoms in total. The fourth-order valence-electron chi connectivity index (χ4n) is 1.52. The smallest absolute Gasteiger partial charge is 0.382 e. The largest absolute Gasteiger partial charge is 0.411 e. The maximum atomic E-state index is 11.9. The lowest BCUT2D eigenvalue weighted by Gasteiger charge is -2.12. The zero-order valence-corrected chi connectivity index (χ0v) is 11.8. The van der Waals surface area contributed by atoms with E-state index in [1.807, 2.05) is 13.0 Å². The molecule has 0 atom stereocenters. The molecule has 20 heavy (non-hydrogen) atoms. The molecule has 110 valence electrons. The van der Waals surface area contributed by atoms with E-state index in [1.54, 1.807) is 23.9 Å². The summed E-state index contributed by atoms with van der Waals surface area (Å²) in [4.78, 5) is 0.858. The number of hydrogen-bond donors (Lipinski definition) is 1. The second-order valence-corrected chi connectivity index (χ2v) is 5.12. The van der Waals surface area contributed by atoms with Crippen molar-refractivity contribution < 1.29 is 17.9 Å². The quantitative estimate of drug-likeness (QED) is 0.617. The van der Waals surface area contributed by atoms with Crippen LogP contribution >= 0.6 is 11.8 Å². The van der Waals surface area contributed by atoms with Crippen LogP contribution in [0.1, 0.15) is 12.5 Å². The lowest BCUT2D eigenvalue weighted by Crippen LogP contribution is -2.20. The van der Waals surface area contributed by atoms with Gasteiger partial charge in [0.15, 0.2) is 0 Å². The summed E-state index contributed by atoms with van der Waals surface area (Å²) in [6.45, 7) is 0.864. The highest BCUT2D eigenvalue weighted by Crippen LogP contribution is 2.27. The maximum Gasteiger partial charge on any atom is 0.411 e. The third-order valence-electron chi connectivity index (χ3n) is 2.27. The van der Waals surface area contributed by atoms with E-state index in [4.69, 9.17) is 5.26 Å². The van der Waals surface area contributed by atoms with Crippen molar-refractivity contribution in [3.63, 3.8) is 0 Å². The first kappa shape index (κ1) is 16.7. The Bertz CT molecular complexity index is 472. The van der Waals surface area contributed by atoms with Crippen LogP contribution in [0, 0.1) is 11.3 Å². The summed E-state index contributed by atoms with van der Waals surface area (Å²) in [6.07, 6.45) is -4.31. The monoisotopic (exact) mass is 304 g/mol. The van der Waals surface area contributed by atoms with Gasteiger partial charge in [0.1, 0.15) is 12.7 Å². The Morgan fingerprint density at radius 2 is 2.15 bits per heavy atom. The fourth-order valence-corrected chi connectivity index (χ4v) is 2.30. The SMILES string of the molecule is CCSc1cccc(NCCOCC(F)(F)F)c1C#N. The Morgan fingerprint density at radius 3 is 2.75 bits per heavy atom. The standard InChI is InChI=1S/C13H15F3N2OS/c1-2-20-12-5-3-4-11(10(12)8-17)18-6-7-19-9-13(14,15)16/h3-5,18H,2,6-7,9H2,1H3. The number of anilines is 1. The lowest BCUT2D eigenvalue weighted by atomic mass is 10.2. The van der Waals surface area contributed by atoms with Gasteiger partial charge >= 0.3 is 6.18 Å². The molecule has 0 unspecified atom stereocenters. The Kier molecular flexibility index (Phi) is 6.68. The average molecular weight is 304 g/mol. The molecule has 0 radical (unpaired) electrons. The molecule has 0 aliphatic heterocycles. The molecule has 0 aromatic heterocycles. The van der Waals surface area contributed by atoms with E-state index in [1.165, 1.54) is 0 Å². The third-order valence-corrected chi connectivity index (χ3v) is 3.21. The zero-order valence-electron chi connectivity index (χ0n) is 11.0. The number of nitriles is 1. The van der Waals surface area contributed by atoms with Crippen LogP contribution in [0.15, 0.2) is 23.1 Å². The summed E-state index contributed by atoms with van der Waals surface area (Å²) in [7, 11) is 0. The van der Waals surface area contributed by atoms with Crippen molar-refractivity contribution in [3.05, 3.63) is 23.8 Å². The number of rotatable bonds is 7. The van der Waals surface area contributed by atoms with Gasteiger partial charge in [0.25, 0.3) is 0 Å².